The molecule has 2 saturated heterocycles. The van der Waals surface area contributed by atoms with E-state index < -0.39 is 0 Å². The molecule has 2 aromatic rings. The summed E-state index contributed by atoms with van der Waals surface area (Å²) in [5, 5.41) is 2.02. The van der Waals surface area contributed by atoms with E-state index in [1.165, 1.54) is 12.8 Å². The number of para-hydroxylation sites is 1. The Hall–Kier alpha value is -2.38. The van der Waals surface area contributed by atoms with Gasteiger partial charge in [-0.15, -0.1) is 0 Å². The topological polar surface area (TPSA) is 68.6 Å². The number of benzene rings is 1. The van der Waals surface area contributed by atoms with Gasteiger partial charge in [0.2, 0.25) is 0 Å². The Morgan fingerprint density at radius 1 is 1.19 bits per heavy atom. The third kappa shape index (κ3) is 5.10. The number of nitrogens with zero attached hydrogens (tertiary/aromatic N) is 3. The largest absolute Gasteiger partial charge is 0.493 e. The van der Waals surface area contributed by atoms with Crippen LogP contribution in [0, 0.1) is 6.92 Å². The van der Waals surface area contributed by atoms with Crippen LogP contribution in [0.3, 0.4) is 0 Å². The van der Waals surface area contributed by atoms with E-state index in [9.17, 15) is 4.79 Å². The lowest BCUT2D eigenvalue weighted by molar-refractivity contribution is 0.00592. The van der Waals surface area contributed by atoms with E-state index in [1.54, 1.807) is 0 Å². The van der Waals surface area contributed by atoms with Crippen LogP contribution in [-0.2, 0) is 11.3 Å². The Kier molecular flexibility index (Phi) is 7.25. The van der Waals surface area contributed by atoms with Gasteiger partial charge in [-0.05, 0) is 58.1 Å². The minimum absolute atomic E-state index is 0.137. The quantitative estimate of drug-likeness (QED) is 0.726. The summed E-state index contributed by atoms with van der Waals surface area (Å²) in [6.07, 6.45) is 6.89. The minimum Gasteiger partial charge on any atom is -0.493 e. The monoisotopic (exact) mass is 426 g/mol. The lowest BCUT2D eigenvalue weighted by Crippen LogP contribution is -2.45. The molecule has 2 aliphatic heterocycles. The molecule has 2 fully saturated rings. The number of aromatic nitrogens is 2. The van der Waals surface area contributed by atoms with Crippen LogP contribution in [0.2, 0.25) is 0 Å². The first-order valence-corrected chi connectivity index (χ1v) is 11.6. The molecular formula is C24H34N4O3. The van der Waals surface area contributed by atoms with E-state index >= 15 is 0 Å². The number of piperidine rings is 1. The number of carbonyl (C=O) groups excluding carboxylic acids is 1. The van der Waals surface area contributed by atoms with Gasteiger partial charge in [0.1, 0.15) is 11.6 Å². The van der Waals surface area contributed by atoms with Gasteiger partial charge in [0.05, 0.1) is 24.8 Å². The SMILES string of the molecule is CCOc1ccccc1-c1nc(C(=O)NN2CCCCC2)c(C)n1CC1CCCCO1. The number of hydrazine groups is 1. The van der Waals surface area contributed by atoms with Gasteiger partial charge in [0.15, 0.2) is 5.69 Å². The molecule has 1 N–H and O–H groups in total. The molecule has 0 spiro atoms. The number of carbonyl (C=O) groups is 1. The number of amides is 1. The van der Waals surface area contributed by atoms with Crippen molar-refractivity contribution in [2.45, 2.75) is 65.0 Å². The third-order valence-electron chi connectivity index (χ3n) is 6.14. The molecule has 1 aromatic carbocycles. The van der Waals surface area contributed by atoms with Gasteiger partial charge in [-0.25, -0.2) is 9.99 Å². The summed E-state index contributed by atoms with van der Waals surface area (Å²) in [7, 11) is 0. The summed E-state index contributed by atoms with van der Waals surface area (Å²) >= 11 is 0. The Labute approximate surface area is 184 Å². The molecule has 3 heterocycles. The molecule has 0 saturated carbocycles. The summed E-state index contributed by atoms with van der Waals surface area (Å²) in [4.78, 5) is 18.0. The second-order valence-electron chi connectivity index (χ2n) is 8.39. The van der Waals surface area contributed by atoms with Gasteiger partial charge < -0.3 is 14.0 Å². The molecule has 0 bridgehead atoms. The van der Waals surface area contributed by atoms with Crippen LogP contribution in [0.1, 0.15) is 61.6 Å². The number of rotatable bonds is 7. The number of nitrogens with one attached hydrogen (secondary N) is 1. The predicted octanol–water partition coefficient (Wildman–Crippen LogP) is 3.96. The first kappa shape index (κ1) is 21.8. The van der Waals surface area contributed by atoms with Crippen molar-refractivity contribution >= 4 is 5.91 Å². The maximum atomic E-state index is 13.1. The lowest BCUT2D eigenvalue weighted by Gasteiger charge is -2.26. The number of imidazole rings is 1. The molecule has 1 aromatic heterocycles. The van der Waals surface area contributed by atoms with Crippen LogP contribution < -0.4 is 10.2 Å². The predicted molar refractivity (Wildman–Crippen MR) is 120 cm³/mol. The van der Waals surface area contributed by atoms with E-state index in [0.29, 0.717) is 18.8 Å². The average molecular weight is 427 g/mol. The molecule has 2 aliphatic rings. The summed E-state index contributed by atoms with van der Waals surface area (Å²) in [6.45, 7) is 7.79. The number of hydrogen-bond acceptors (Lipinski definition) is 5. The van der Waals surface area contributed by atoms with Crippen molar-refractivity contribution in [1.29, 1.82) is 0 Å². The molecule has 1 atom stereocenters. The molecule has 0 aliphatic carbocycles. The molecule has 1 unspecified atom stereocenters. The van der Waals surface area contributed by atoms with Crippen molar-refractivity contribution in [3.05, 3.63) is 35.7 Å². The molecule has 7 nitrogen and oxygen atoms in total. The Morgan fingerprint density at radius 2 is 2.00 bits per heavy atom. The highest BCUT2D eigenvalue weighted by atomic mass is 16.5. The van der Waals surface area contributed by atoms with Gasteiger partial charge in [-0.1, -0.05) is 18.6 Å². The molecule has 1 amide bonds. The zero-order valence-electron chi connectivity index (χ0n) is 18.7. The fourth-order valence-electron chi connectivity index (χ4n) is 4.47. The maximum Gasteiger partial charge on any atom is 0.286 e. The van der Waals surface area contributed by atoms with Gasteiger partial charge in [-0.3, -0.25) is 10.2 Å². The molecule has 4 rings (SSSR count). The molecule has 0 radical (unpaired) electrons. The first-order valence-electron chi connectivity index (χ1n) is 11.6. The minimum atomic E-state index is -0.141. The van der Waals surface area contributed by atoms with Crippen molar-refractivity contribution in [3.8, 4) is 17.1 Å². The summed E-state index contributed by atoms with van der Waals surface area (Å²) in [6, 6.07) is 7.91. The van der Waals surface area contributed by atoms with E-state index in [2.05, 4.69) is 9.99 Å². The molecule has 7 heteroatoms. The highest BCUT2D eigenvalue weighted by Gasteiger charge is 2.26. The molecule has 31 heavy (non-hydrogen) atoms. The van der Waals surface area contributed by atoms with Crippen molar-refractivity contribution in [2.24, 2.45) is 0 Å². The van der Waals surface area contributed by atoms with Crippen molar-refractivity contribution in [2.75, 3.05) is 26.3 Å². The van der Waals surface area contributed by atoms with Crippen LogP contribution in [-0.4, -0.2) is 52.9 Å². The highest BCUT2D eigenvalue weighted by Crippen LogP contribution is 2.32. The third-order valence-corrected chi connectivity index (χ3v) is 6.14. The maximum absolute atomic E-state index is 13.1. The molecule has 168 valence electrons. The number of hydrogen-bond donors (Lipinski definition) is 1. The van der Waals surface area contributed by atoms with Crippen LogP contribution in [0.15, 0.2) is 24.3 Å². The Balaban J connectivity index is 1.68. The van der Waals surface area contributed by atoms with E-state index in [-0.39, 0.29) is 12.0 Å². The normalized spacial score (nSPS) is 19.9. The van der Waals surface area contributed by atoms with Crippen LogP contribution in [0.4, 0.5) is 0 Å². The average Bonchev–Trinajstić information content (AvgIpc) is 3.12. The van der Waals surface area contributed by atoms with E-state index in [1.807, 2.05) is 43.1 Å². The van der Waals surface area contributed by atoms with Crippen molar-refractivity contribution in [3.63, 3.8) is 0 Å². The van der Waals surface area contributed by atoms with Gasteiger partial charge in [0.25, 0.3) is 5.91 Å². The smallest absolute Gasteiger partial charge is 0.286 e. The second-order valence-corrected chi connectivity index (χ2v) is 8.39. The Bertz CT molecular complexity index is 883. The number of ether oxygens (including phenoxy) is 2. The van der Waals surface area contributed by atoms with Crippen LogP contribution in [0.25, 0.3) is 11.4 Å². The van der Waals surface area contributed by atoms with Crippen LogP contribution >= 0.6 is 0 Å². The highest BCUT2D eigenvalue weighted by molar-refractivity contribution is 5.94. The summed E-state index contributed by atoms with van der Waals surface area (Å²) in [5.74, 6) is 1.40. The Morgan fingerprint density at radius 3 is 2.74 bits per heavy atom. The summed E-state index contributed by atoms with van der Waals surface area (Å²) in [5.41, 5.74) is 5.31. The molecular weight excluding hydrogens is 392 g/mol. The fraction of sp³-hybridized carbons (Fsp3) is 0.583. The van der Waals surface area contributed by atoms with Crippen LogP contribution in [0.5, 0.6) is 5.75 Å². The van der Waals surface area contributed by atoms with Crippen molar-refractivity contribution < 1.29 is 14.3 Å². The second kappa shape index (κ2) is 10.3. The van der Waals surface area contributed by atoms with Crippen molar-refractivity contribution in [1.82, 2.24) is 20.0 Å². The van der Waals surface area contributed by atoms with Gasteiger partial charge in [-0.2, -0.15) is 0 Å². The van der Waals surface area contributed by atoms with Gasteiger partial charge >= 0.3 is 0 Å². The lowest BCUT2D eigenvalue weighted by atomic mass is 10.1. The first-order chi connectivity index (χ1) is 15.2. The summed E-state index contributed by atoms with van der Waals surface area (Å²) < 4.78 is 14.0. The van der Waals surface area contributed by atoms with Gasteiger partial charge in [0, 0.05) is 25.4 Å². The van der Waals surface area contributed by atoms with E-state index in [0.717, 1.165) is 68.2 Å². The standard InChI is InChI=1S/C24H34N4O3/c1-3-30-21-13-6-5-12-20(21)23-25-22(24(29)26-27-14-8-4-9-15-27)18(2)28(23)17-19-11-7-10-16-31-19/h5-6,12-13,19H,3-4,7-11,14-17H2,1-2H3,(H,26,29). The fourth-order valence-corrected chi connectivity index (χ4v) is 4.47. The zero-order valence-corrected chi connectivity index (χ0v) is 18.7. The zero-order chi connectivity index (χ0) is 21.6. The van der Waals surface area contributed by atoms with E-state index in [4.69, 9.17) is 14.5 Å².